The molecule has 1 aliphatic heterocycles. The molecule has 1 fully saturated rings. The average Bonchev–Trinajstić information content (AvgIpc) is 2.67. The fourth-order valence-corrected chi connectivity index (χ4v) is 3.44. The van der Waals surface area contributed by atoms with Crippen LogP contribution in [0.4, 0.5) is 11.6 Å². The Balaban J connectivity index is 1.43. The lowest BCUT2D eigenvalue weighted by atomic mass is 10.2. The minimum atomic E-state index is 0.246. The van der Waals surface area contributed by atoms with Gasteiger partial charge in [0.25, 0.3) is 0 Å². The number of aromatic nitrogens is 2. The number of ether oxygens (including phenoxy) is 1. The minimum absolute atomic E-state index is 0.246. The SMILES string of the molecule is CC1CN(c2ccc(CNc3cc4ccccc4c(Cl)n3)cn2)CCO1. The topological polar surface area (TPSA) is 50.3 Å². The van der Waals surface area contributed by atoms with Crippen LogP contribution in [0.3, 0.4) is 0 Å². The summed E-state index contributed by atoms with van der Waals surface area (Å²) in [7, 11) is 0. The molecule has 1 aromatic carbocycles. The Bertz CT molecular complexity index is 900. The van der Waals surface area contributed by atoms with E-state index in [0.29, 0.717) is 11.7 Å². The highest BCUT2D eigenvalue weighted by atomic mass is 35.5. The zero-order valence-electron chi connectivity index (χ0n) is 14.7. The molecule has 1 N–H and O–H groups in total. The molecule has 0 amide bonds. The van der Waals surface area contributed by atoms with Crippen LogP contribution in [0.15, 0.2) is 48.7 Å². The van der Waals surface area contributed by atoms with E-state index >= 15 is 0 Å². The molecule has 0 radical (unpaired) electrons. The molecular formula is C20H21ClN4O. The summed E-state index contributed by atoms with van der Waals surface area (Å²) in [5.41, 5.74) is 1.10. The van der Waals surface area contributed by atoms with Crippen molar-refractivity contribution < 1.29 is 4.74 Å². The number of morpholine rings is 1. The number of hydrogen-bond acceptors (Lipinski definition) is 5. The first-order valence-electron chi connectivity index (χ1n) is 8.80. The number of halogens is 1. The Hall–Kier alpha value is -2.37. The van der Waals surface area contributed by atoms with E-state index in [1.807, 2.05) is 36.5 Å². The van der Waals surface area contributed by atoms with Crippen LogP contribution in [-0.2, 0) is 11.3 Å². The van der Waals surface area contributed by atoms with Crippen molar-refractivity contribution in [3.05, 3.63) is 59.4 Å². The number of rotatable bonds is 4. The van der Waals surface area contributed by atoms with Crippen molar-refractivity contribution in [2.75, 3.05) is 29.9 Å². The van der Waals surface area contributed by atoms with Gasteiger partial charge in [0.1, 0.15) is 16.8 Å². The molecule has 0 bridgehead atoms. The van der Waals surface area contributed by atoms with Crippen LogP contribution in [0.1, 0.15) is 12.5 Å². The van der Waals surface area contributed by atoms with Crippen molar-refractivity contribution in [1.29, 1.82) is 0 Å². The molecule has 3 heterocycles. The molecule has 6 heteroatoms. The van der Waals surface area contributed by atoms with Gasteiger partial charge in [-0.3, -0.25) is 0 Å². The molecule has 26 heavy (non-hydrogen) atoms. The van der Waals surface area contributed by atoms with E-state index in [1.165, 1.54) is 0 Å². The summed E-state index contributed by atoms with van der Waals surface area (Å²) < 4.78 is 5.58. The minimum Gasteiger partial charge on any atom is -0.375 e. The Morgan fingerprint density at radius 1 is 1.27 bits per heavy atom. The van der Waals surface area contributed by atoms with E-state index in [9.17, 15) is 0 Å². The molecule has 2 aromatic heterocycles. The fraction of sp³-hybridized carbons (Fsp3) is 0.300. The van der Waals surface area contributed by atoms with Gasteiger partial charge in [0.15, 0.2) is 0 Å². The maximum absolute atomic E-state index is 6.28. The summed E-state index contributed by atoms with van der Waals surface area (Å²) in [6, 6.07) is 14.1. The van der Waals surface area contributed by atoms with Gasteiger partial charge in [-0.1, -0.05) is 41.9 Å². The van der Waals surface area contributed by atoms with Gasteiger partial charge < -0.3 is 15.0 Å². The zero-order valence-corrected chi connectivity index (χ0v) is 15.4. The van der Waals surface area contributed by atoms with E-state index in [0.717, 1.165) is 47.7 Å². The van der Waals surface area contributed by atoms with Gasteiger partial charge in [-0.15, -0.1) is 0 Å². The summed E-state index contributed by atoms with van der Waals surface area (Å²) in [5, 5.41) is 5.88. The number of benzene rings is 1. The standard InChI is InChI=1S/C20H21ClN4O/c1-14-13-25(8-9-26-14)19-7-6-15(12-23-19)11-22-18-10-16-4-2-3-5-17(16)20(21)24-18/h2-7,10,12,14H,8-9,11,13H2,1H3,(H,22,24). The Morgan fingerprint density at radius 3 is 2.96 bits per heavy atom. The quantitative estimate of drug-likeness (QED) is 0.702. The largest absolute Gasteiger partial charge is 0.375 e. The van der Waals surface area contributed by atoms with E-state index in [2.05, 4.69) is 39.2 Å². The van der Waals surface area contributed by atoms with Crippen molar-refractivity contribution in [3.63, 3.8) is 0 Å². The highest BCUT2D eigenvalue weighted by Gasteiger charge is 2.17. The molecule has 0 aliphatic carbocycles. The summed E-state index contributed by atoms with van der Waals surface area (Å²) in [6.07, 6.45) is 2.15. The molecule has 1 atom stereocenters. The summed E-state index contributed by atoms with van der Waals surface area (Å²) in [6.45, 7) is 5.25. The zero-order chi connectivity index (χ0) is 17.9. The first-order chi connectivity index (χ1) is 12.7. The van der Waals surface area contributed by atoms with Crippen LogP contribution in [0.25, 0.3) is 10.8 Å². The molecule has 0 spiro atoms. The monoisotopic (exact) mass is 368 g/mol. The normalized spacial score (nSPS) is 17.5. The molecule has 1 aliphatic rings. The molecule has 5 nitrogen and oxygen atoms in total. The van der Waals surface area contributed by atoms with Gasteiger partial charge in [-0.25, -0.2) is 9.97 Å². The Labute approximate surface area is 158 Å². The van der Waals surface area contributed by atoms with Crippen LogP contribution in [0.5, 0.6) is 0 Å². The van der Waals surface area contributed by atoms with Crippen LogP contribution >= 0.6 is 11.6 Å². The molecule has 0 saturated carbocycles. The molecule has 134 valence electrons. The summed E-state index contributed by atoms with van der Waals surface area (Å²) >= 11 is 6.28. The van der Waals surface area contributed by atoms with Crippen molar-refractivity contribution in [2.45, 2.75) is 19.6 Å². The lowest BCUT2D eigenvalue weighted by molar-refractivity contribution is 0.0529. The molecule has 3 aromatic rings. The van der Waals surface area contributed by atoms with E-state index in [-0.39, 0.29) is 6.10 Å². The number of anilines is 2. The van der Waals surface area contributed by atoms with Crippen LogP contribution in [0, 0.1) is 0 Å². The van der Waals surface area contributed by atoms with Gasteiger partial charge in [-0.05, 0) is 30.0 Å². The fourth-order valence-electron chi connectivity index (χ4n) is 3.17. The maximum Gasteiger partial charge on any atom is 0.139 e. The lowest BCUT2D eigenvalue weighted by Crippen LogP contribution is -2.41. The van der Waals surface area contributed by atoms with E-state index in [1.54, 1.807) is 0 Å². The number of nitrogens with one attached hydrogen (secondary N) is 1. The van der Waals surface area contributed by atoms with Gasteiger partial charge in [0.05, 0.1) is 12.7 Å². The van der Waals surface area contributed by atoms with Crippen molar-refractivity contribution in [3.8, 4) is 0 Å². The Morgan fingerprint density at radius 2 is 2.15 bits per heavy atom. The third-order valence-electron chi connectivity index (χ3n) is 4.54. The Kier molecular flexibility index (Phi) is 4.91. The predicted molar refractivity (Wildman–Crippen MR) is 106 cm³/mol. The van der Waals surface area contributed by atoms with E-state index < -0.39 is 0 Å². The smallest absolute Gasteiger partial charge is 0.139 e. The maximum atomic E-state index is 6.28. The van der Waals surface area contributed by atoms with Crippen molar-refractivity contribution >= 4 is 34.0 Å². The second-order valence-electron chi connectivity index (χ2n) is 6.53. The molecule has 1 saturated heterocycles. The third-order valence-corrected chi connectivity index (χ3v) is 4.83. The highest BCUT2D eigenvalue weighted by Crippen LogP contribution is 2.24. The molecular weight excluding hydrogens is 348 g/mol. The van der Waals surface area contributed by atoms with Crippen LogP contribution < -0.4 is 10.2 Å². The number of pyridine rings is 2. The lowest BCUT2D eigenvalue weighted by Gasteiger charge is -2.32. The van der Waals surface area contributed by atoms with Gasteiger partial charge >= 0.3 is 0 Å². The number of nitrogens with zero attached hydrogens (tertiary/aromatic N) is 3. The van der Waals surface area contributed by atoms with Gasteiger partial charge in [0.2, 0.25) is 0 Å². The molecule has 1 unspecified atom stereocenters. The van der Waals surface area contributed by atoms with Crippen LogP contribution in [0.2, 0.25) is 5.15 Å². The predicted octanol–water partition coefficient (Wildman–Crippen LogP) is 4.12. The molecule has 4 rings (SSSR count). The first kappa shape index (κ1) is 17.1. The number of hydrogen-bond donors (Lipinski definition) is 1. The van der Waals surface area contributed by atoms with Gasteiger partial charge in [-0.2, -0.15) is 0 Å². The van der Waals surface area contributed by atoms with Crippen molar-refractivity contribution in [2.24, 2.45) is 0 Å². The number of fused-ring (bicyclic) bond motifs is 1. The van der Waals surface area contributed by atoms with Crippen molar-refractivity contribution in [1.82, 2.24) is 9.97 Å². The second-order valence-corrected chi connectivity index (χ2v) is 6.88. The van der Waals surface area contributed by atoms with E-state index in [4.69, 9.17) is 16.3 Å². The van der Waals surface area contributed by atoms with Gasteiger partial charge in [0, 0.05) is 31.2 Å². The highest BCUT2D eigenvalue weighted by molar-refractivity contribution is 6.34. The second kappa shape index (κ2) is 7.48. The van der Waals surface area contributed by atoms with Crippen LogP contribution in [-0.4, -0.2) is 35.8 Å². The third kappa shape index (κ3) is 3.74. The average molecular weight is 369 g/mol. The summed E-state index contributed by atoms with van der Waals surface area (Å²) in [5.74, 6) is 1.76. The summed E-state index contributed by atoms with van der Waals surface area (Å²) in [4.78, 5) is 11.3. The first-order valence-corrected chi connectivity index (χ1v) is 9.17.